The predicted molar refractivity (Wildman–Crippen MR) is 81.5 cm³/mol. The summed E-state index contributed by atoms with van der Waals surface area (Å²) in [5.74, 6) is 0. The van der Waals surface area contributed by atoms with Gasteiger partial charge in [-0.05, 0) is 12.0 Å². The second-order valence-electron chi connectivity index (χ2n) is 5.14. The molecule has 0 saturated carbocycles. The highest BCUT2D eigenvalue weighted by Gasteiger charge is 2.32. The van der Waals surface area contributed by atoms with E-state index < -0.39 is 12.2 Å². The molecule has 6 heteroatoms. The molecule has 2 rings (SSSR count). The molecule has 118 valence electrons. The summed E-state index contributed by atoms with van der Waals surface area (Å²) in [6.45, 7) is 4.81. The lowest BCUT2D eigenvalue weighted by Crippen LogP contribution is -2.56. The van der Waals surface area contributed by atoms with Gasteiger partial charge in [0.1, 0.15) is 6.61 Å². The van der Waals surface area contributed by atoms with Gasteiger partial charge in [0.15, 0.2) is 0 Å². The van der Waals surface area contributed by atoms with E-state index in [1.165, 1.54) is 4.90 Å². The fourth-order valence-corrected chi connectivity index (χ4v) is 2.48. The minimum absolute atomic E-state index is 0.213. The fraction of sp³-hybridized carbons (Fsp3) is 0.375. The Kier molecular flexibility index (Phi) is 5.41. The summed E-state index contributed by atoms with van der Waals surface area (Å²) < 4.78 is 5.28. The average molecular weight is 304 g/mol. The molecular weight excluding hydrogens is 284 g/mol. The third kappa shape index (κ3) is 4.00. The van der Waals surface area contributed by atoms with Gasteiger partial charge in [-0.2, -0.15) is 0 Å². The summed E-state index contributed by atoms with van der Waals surface area (Å²) in [7, 11) is 0. The van der Waals surface area contributed by atoms with E-state index in [9.17, 15) is 9.59 Å². The lowest BCUT2D eigenvalue weighted by atomic mass is 10.1. The van der Waals surface area contributed by atoms with E-state index in [4.69, 9.17) is 9.84 Å². The van der Waals surface area contributed by atoms with Crippen molar-refractivity contribution < 1.29 is 19.4 Å². The molecule has 6 nitrogen and oxygen atoms in total. The van der Waals surface area contributed by atoms with Crippen LogP contribution in [0.15, 0.2) is 43.0 Å². The molecule has 0 bridgehead atoms. The van der Waals surface area contributed by atoms with Crippen LogP contribution in [0.2, 0.25) is 0 Å². The van der Waals surface area contributed by atoms with E-state index in [2.05, 4.69) is 6.58 Å². The maximum Gasteiger partial charge on any atom is 0.410 e. The van der Waals surface area contributed by atoms with Crippen molar-refractivity contribution in [2.24, 2.45) is 0 Å². The third-order valence-corrected chi connectivity index (χ3v) is 3.63. The largest absolute Gasteiger partial charge is 0.465 e. The van der Waals surface area contributed by atoms with Crippen molar-refractivity contribution in [3.8, 4) is 0 Å². The zero-order valence-electron chi connectivity index (χ0n) is 12.4. The molecule has 1 saturated heterocycles. The van der Waals surface area contributed by atoms with Crippen molar-refractivity contribution in [3.63, 3.8) is 0 Å². The standard InChI is InChI=1S/C16H20N2O4/c1-2-6-14-11-17(9-10-18(14)15(19)20)16(21)22-12-13-7-4-3-5-8-13/h2-5,7-8,14H,1,6,9-12H2,(H,19,20). The van der Waals surface area contributed by atoms with Crippen LogP contribution in [0.3, 0.4) is 0 Å². The van der Waals surface area contributed by atoms with E-state index in [-0.39, 0.29) is 19.2 Å². The summed E-state index contributed by atoms with van der Waals surface area (Å²) in [4.78, 5) is 26.2. The van der Waals surface area contributed by atoms with Gasteiger partial charge in [-0.25, -0.2) is 9.59 Å². The molecule has 1 unspecified atom stereocenters. The van der Waals surface area contributed by atoms with E-state index in [1.807, 2.05) is 30.3 Å². The van der Waals surface area contributed by atoms with Crippen LogP contribution in [0.5, 0.6) is 0 Å². The Morgan fingerprint density at radius 3 is 2.68 bits per heavy atom. The molecule has 1 aromatic rings. The van der Waals surface area contributed by atoms with Crippen LogP contribution in [0.25, 0.3) is 0 Å². The molecule has 1 fully saturated rings. The number of benzene rings is 1. The van der Waals surface area contributed by atoms with Crippen LogP contribution in [0.1, 0.15) is 12.0 Å². The SMILES string of the molecule is C=CCC1CN(C(=O)OCc2ccccc2)CCN1C(=O)O. The lowest BCUT2D eigenvalue weighted by molar-refractivity contribution is 0.0473. The van der Waals surface area contributed by atoms with Gasteiger partial charge in [0.2, 0.25) is 0 Å². The number of hydrogen-bond donors (Lipinski definition) is 1. The molecular formula is C16H20N2O4. The van der Waals surface area contributed by atoms with Gasteiger partial charge >= 0.3 is 12.2 Å². The first-order valence-electron chi connectivity index (χ1n) is 7.18. The number of piperazine rings is 1. The lowest BCUT2D eigenvalue weighted by Gasteiger charge is -2.39. The van der Waals surface area contributed by atoms with Gasteiger partial charge in [0.05, 0.1) is 6.04 Å². The summed E-state index contributed by atoms with van der Waals surface area (Å²) in [5, 5.41) is 9.17. The van der Waals surface area contributed by atoms with E-state index in [0.717, 1.165) is 5.56 Å². The van der Waals surface area contributed by atoms with Crippen molar-refractivity contribution >= 4 is 12.2 Å². The number of carbonyl (C=O) groups is 2. The number of nitrogens with zero attached hydrogens (tertiary/aromatic N) is 2. The maximum absolute atomic E-state index is 12.1. The minimum Gasteiger partial charge on any atom is -0.465 e. The molecule has 22 heavy (non-hydrogen) atoms. The molecule has 2 amide bonds. The van der Waals surface area contributed by atoms with Crippen molar-refractivity contribution in [2.75, 3.05) is 19.6 Å². The number of carboxylic acid groups (broad SMARTS) is 1. The summed E-state index contributed by atoms with van der Waals surface area (Å²) >= 11 is 0. The Balaban J connectivity index is 1.90. The molecule has 1 heterocycles. The highest BCUT2D eigenvalue weighted by atomic mass is 16.6. The molecule has 0 radical (unpaired) electrons. The molecule has 1 aliphatic rings. The Labute approximate surface area is 129 Å². The first kappa shape index (κ1) is 15.9. The van der Waals surface area contributed by atoms with Crippen molar-refractivity contribution in [1.29, 1.82) is 0 Å². The number of ether oxygens (including phenoxy) is 1. The Bertz CT molecular complexity index is 532. The van der Waals surface area contributed by atoms with Gasteiger partial charge in [0, 0.05) is 19.6 Å². The van der Waals surface area contributed by atoms with Gasteiger partial charge in [-0.1, -0.05) is 36.4 Å². The minimum atomic E-state index is -0.968. The van der Waals surface area contributed by atoms with E-state index >= 15 is 0 Å². The van der Waals surface area contributed by atoms with Crippen LogP contribution in [0, 0.1) is 0 Å². The zero-order chi connectivity index (χ0) is 15.9. The predicted octanol–water partition coefficient (Wildman–Crippen LogP) is 2.56. The van der Waals surface area contributed by atoms with Gasteiger partial charge in [-0.15, -0.1) is 6.58 Å². The second-order valence-corrected chi connectivity index (χ2v) is 5.14. The highest BCUT2D eigenvalue weighted by Crippen LogP contribution is 2.15. The van der Waals surface area contributed by atoms with Crippen molar-refractivity contribution in [1.82, 2.24) is 9.80 Å². The molecule has 1 atom stereocenters. The first-order chi connectivity index (χ1) is 10.6. The summed E-state index contributed by atoms with van der Waals surface area (Å²) in [6, 6.07) is 9.17. The topological polar surface area (TPSA) is 70.1 Å². The van der Waals surface area contributed by atoms with Crippen molar-refractivity contribution in [3.05, 3.63) is 48.6 Å². The smallest absolute Gasteiger partial charge is 0.410 e. The molecule has 1 N–H and O–H groups in total. The molecule has 1 aromatic carbocycles. The number of hydrogen-bond acceptors (Lipinski definition) is 3. The van der Waals surface area contributed by atoms with Crippen LogP contribution in [-0.2, 0) is 11.3 Å². The number of amides is 2. The molecule has 0 aliphatic carbocycles. The van der Waals surface area contributed by atoms with Crippen LogP contribution in [-0.4, -0.2) is 52.8 Å². The van der Waals surface area contributed by atoms with Crippen LogP contribution >= 0.6 is 0 Å². The van der Waals surface area contributed by atoms with Crippen LogP contribution in [0.4, 0.5) is 9.59 Å². The van der Waals surface area contributed by atoms with Gasteiger partial charge in [0.25, 0.3) is 0 Å². The molecule has 1 aliphatic heterocycles. The van der Waals surface area contributed by atoms with E-state index in [0.29, 0.717) is 19.5 Å². The maximum atomic E-state index is 12.1. The highest BCUT2D eigenvalue weighted by molar-refractivity contribution is 5.69. The molecule has 0 spiro atoms. The third-order valence-electron chi connectivity index (χ3n) is 3.63. The summed E-state index contributed by atoms with van der Waals surface area (Å²) in [5.41, 5.74) is 0.919. The quantitative estimate of drug-likeness (QED) is 0.868. The Morgan fingerprint density at radius 2 is 2.05 bits per heavy atom. The summed E-state index contributed by atoms with van der Waals surface area (Å²) in [6.07, 6.45) is 0.792. The zero-order valence-corrected chi connectivity index (χ0v) is 12.4. The number of carbonyl (C=O) groups excluding carboxylic acids is 1. The van der Waals surface area contributed by atoms with Crippen molar-refractivity contribution in [2.45, 2.75) is 19.1 Å². The molecule has 0 aromatic heterocycles. The van der Waals surface area contributed by atoms with Gasteiger partial charge < -0.3 is 19.6 Å². The first-order valence-corrected chi connectivity index (χ1v) is 7.18. The average Bonchev–Trinajstić information content (AvgIpc) is 2.53. The fourth-order valence-electron chi connectivity index (χ4n) is 2.48. The van der Waals surface area contributed by atoms with Gasteiger partial charge in [-0.3, -0.25) is 0 Å². The Hall–Kier alpha value is -2.50. The monoisotopic (exact) mass is 304 g/mol. The van der Waals surface area contributed by atoms with E-state index in [1.54, 1.807) is 11.0 Å². The second kappa shape index (κ2) is 7.49. The normalized spacial score (nSPS) is 17.9. The van der Waals surface area contributed by atoms with Crippen LogP contribution < -0.4 is 0 Å². The number of rotatable bonds is 4. The Morgan fingerprint density at radius 1 is 1.32 bits per heavy atom.